The Bertz CT molecular complexity index is 320. The topological polar surface area (TPSA) is 61.9 Å². The molecule has 6 nitrogen and oxygen atoms in total. The zero-order valence-corrected chi connectivity index (χ0v) is 13.7. The summed E-state index contributed by atoms with van der Waals surface area (Å²) in [5.41, 5.74) is 0. The van der Waals surface area contributed by atoms with Gasteiger partial charge in [-0.2, -0.15) is 17.0 Å². The molecule has 0 heterocycles. The summed E-state index contributed by atoms with van der Waals surface area (Å²) in [7, 11) is -0.169. The van der Waals surface area contributed by atoms with Crippen molar-refractivity contribution in [2.24, 2.45) is 0 Å². The van der Waals surface area contributed by atoms with Crippen LogP contribution in [0.1, 0.15) is 27.2 Å². The minimum Gasteiger partial charge on any atom is -0.383 e. The lowest BCUT2D eigenvalue weighted by Crippen LogP contribution is -2.44. The second-order valence-electron chi connectivity index (χ2n) is 4.78. The number of nitrogens with zero attached hydrogens (tertiary/aromatic N) is 2. The molecule has 0 bridgehead atoms. The molecular formula is C12H29N3O3S. The summed E-state index contributed by atoms with van der Waals surface area (Å²) in [5, 5.41) is 3.27. The molecule has 0 saturated carbocycles. The first-order chi connectivity index (χ1) is 8.86. The largest absolute Gasteiger partial charge is 0.383 e. The van der Waals surface area contributed by atoms with E-state index in [-0.39, 0.29) is 0 Å². The van der Waals surface area contributed by atoms with Crippen molar-refractivity contribution < 1.29 is 13.2 Å². The third-order valence-electron chi connectivity index (χ3n) is 2.82. The molecule has 116 valence electrons. The van der Waals surface area contributed by atoms with Crippen molar-refractivity contribution in [2.75, 3.05) is 46.9 Å². The van der Waals surface area contributed by atoms with Gasteiger partial charge in [0.25, 0.3) is 10.2 Å². The molecule has 0 aromatic carbocycles. The molecule has 0 rings (SSSR count). The van der Waals surface area contributed by atoms with Gasteiger partial charge in [0.2, 0.25) is 0 Å². The number of ether oxygens (including phenoxy) is 1. The molecule has 7 heteroatoms. The summed E-state index contributed by atoms with van der Waals surface area (Å²) in [6.07, 6.45) is 0.801. The van der Waals surface area contributed by atoms with Crippen molar-refractivity contribution in [3.63, 3.8) is 0 Å². The van der Waals surface area contributed by atoms with E-state index in [2.05, 4.69) is 19.2 Å². The van der Waals surface area contributed by atoms with Gasteiger partial charge in [0.1, 0.15) is 0 Å². The Morgan fingerprint density at radius 1 is 1.26 bits per heavy atom. The average molecular weight is 295 g/mol. The maximum Gasteiger partial charge on any atom is 0.281 e. The lowest BCUT2D eigenvalue weighted by Gasteiger charge is -2.26. The van der Waals surface area contributed by atoms with Crippen LogP contribution < -0.4 is 5.32 Å². The Labute approximate surface area is 118 Å². The van der Waals surface area contributed by atoms with Gasteiger partial charge in [-0.15, -0.1) is 0 Å². The second kappa shape index (κ2) is 9.66. The third kappa shape index (κ3) is 7.22. The highest BCUT2D eigenvalue weighted by Gasteiger charge is 2.24. The number of methoxy groups -OCH3 is 1. The third-order valence-corrected chi connectivity index (χ3v) is 4.88. The van der Waals surface area contributed by atoms with E-state index >= 15 is 0 Å². The first kappa shape index (κ1) is 18.8. The molecule has 0 saturated heterocycles. The molecule has 0 aromatic rings. The first-order valence-corrected chi connectivity index (χ1v) is 8.19. The summed E-state index contributed by atoms with van der Waals surface area (Å²) in [6, 6.07) is 0.427. The first-order valence-electron chi connectivity index (χ1n) is 6.80. The van der Waals surface area contributed by atoms with Crippen LogP contribution in [0, 0.1) is 0 Å². The number of rotatable bonds is 11. The predicted molar refractivity (Wildman–Crippen MR) is 78.4 cm³/mol. The maximum atomic E-state index is 12.3. The van der Waals surface area contributed by atoms with E-state index in [4.69, 9.17) is 4.74 Å². The van der Waals surface area contributed by atoms with Crippen LogP contribution in [0.5, 0.6) is 0 Å². The van der Waals surface area contributed by atoms with Crippen molar-refractivity contribution in [3.8, 4) is 0 Å². The minimum absolute atomic E-state index is 0.393. The normalized spacial score (nSPS) is 12.8. The van der Waals surface area contributed by atoms with Gasteiger partial charge < -0.3 is 10.1 Å². The maximum absolute atomic E-state index is 12.3. The van der Waals surface area contributed by atoms with Gasteiger partial charge in [0.05, 0.1) is 6.61 Å². The van der Waals surface area contributed by atoms with Crippen LogP contribution in [-0.2, 0) is 14.9 Å². The Balaban J connectivity index is 4.28. The van der Waals surface area contributed by atoms with E-state index < -0.39 is 10.2 Å². The molecule has 1 N–H and O–H groups in total. The van der Waals surface area contributed by atoms with Crippen LogP contribution in [0.25, 0.3) is 0 Å². The summed E-state index contributed by atoms with van der Waals surface area (Å²) in [4.78, 5) is 0. The molecule has 0 aromatic heterocycles. The smallest absolute Gasteiger partial charge is 0.281 e. The van der Waals surface area contributed by atoms with E-state index in [0.717, 1.165) is 13.0 Å². The van der Waals surface area contributed by atoms with Crippen LogP contribution in [-0.4, -0.2) is 70.0 Å². The zero-order valence-electron chi connectivity index (χ0n) is 12.8. The van der Waals surface area contributed by atoms with Crippen molar-refractivity contribution in [1.29, 1.82) is 0 Å². The molecule has 0 aliphatic heterocycles. The average Bonchev–Trinajstić information content (AvgIpc) is 2.34. The Kier molecular flexibility index (Phi) is 9.55. The number of hydrogen-bond acceptors (Lipinski definition) is 4. The lowest BCUT2D eigenvalue weighted by atomic mass is 10.3. The van der Waals surface area contributed by atoms with Crippen LogP contribution in [0.2, 0.25) is 0 Å². The van der Waals surface area contributed by atoms with Crippen LogP contribution in [0.15, 0.2) is 0 Å². The second-order valence-corrected chi connectivity index (χ2v) is 6.81. The highest BCUT2D eigenvalue weighted by atomic mass is 32.2. The fourth-order valence-corrected chi connectivity index (χ4v) is 3.02. The van der Waals surface area contributed by atoms with Crippen molar-refractivity contribution in [3.05, 3.63) is 0 Å². The predicted octanol–water partition coefficient (Wildman–Crippen LogP) is 0.519. The fourth-order valence-electron chi connectivity index (χ4n) is 1.63. The molecule has 0 radical (unpaired) electrons. The van der Waals surface area contributed by atoms with E-state index in [1.54, 1.807) is 14.2 Å². The van der Waals surface area contributed by atoms with Gasteiger partial charge in [-0.05, 0) is 13.0 Å². The molecule has 0 amide bonds. The highest BCUT2D eigenvalue weighted by molar-refractivity contribution is 7.86. The van der Waals surface area contributed by atoms with Crippen LogP contribution >= 0.6 is 0 Å². The van der Waals surface area contributed by atoms with Crippen molar-refractivity contribution >= 4 is 10.2 Å². The Morgan fingerprint density at radius 2 is 1.89 bits per heavy atom. The zero-order chi connectivity index (χ0) is 14.9. The monoisotopic (exact) mass is 295 g/mol. The molecule has 0 aliphatic carbocycles. The van der Waals surface area contributed by atoms with Gasteiger partial charge in [-0.1, -0.05) is 20.8 Å². The number of hydrogen-bond donors (Lipinski definition) is 1. The summed E-state index contributed by atoms with van der Waals surface area (Å²) in [5.74, 6) is 0. The Hall–Kier alpha value is -0.210. The molecule has 0 unspecified atom stereocenters. The van der Waals surface area contributed by atoms with Gasteiger partial charge in [-0.25, -0.2) is 0 Å². The quantitative estimate of drug-likeness (QED) is 0.565. The number of nitrogens with one attached hydrogen (secondary N) is 1. The summed E-state index contributed by atoms with van der Waals surface area (Å²) >= 11 is 0. The van der Waals surface area contributed by atoms with Gasteiger partial charge in [-0.3, -0.25) is 0 Å². The SMILES string of the molecule is CCN(CCOC)S(=O)(=O)N(C)CCCNC(C)C. The van der Waals surface area contributed by atoms with Crippen LogP contribution in [0.3, 0.4) is 0 Å². The van der Waals surface area contributed by atoms with E-state index in [1.807, 2.05) is 6.92 Å². The van der Waals surface area contributed by atoms with E-state index in [0.29, 0.717) is 32.3 Å². The van der Waals surface area contributed by atoms with Crippen molar-refractivity contribution in [1.82, 2.24) is 13.9 Å². The van der Waals surface area contributed by atoms with E-state index in [1.165, 1.54) is 8.61 Å². The highest BCUT2D eigenvalue weighted by Crippen LogP contribution is 2.06. The van der Waals surface area contributed by atoms with Crippen LogP contribution in [0.4, 0.5) is 0 Å². The van der Waals surface area contributed by atoms with Crippen molar-refractivity contribution in [2.45, 2.75) is 33.2 Å². The Morgan fingerprint density at radius 3 is 2.37 bits per heavy atom. The van der Waals surface area contributed by atoms with E-state index in [9.17, 15) is 8.42 Å². The molecule has 0 aliphatic rings. The van der Waals surface area contributed by atoms with Gasteiger partial charge >= 0.3 is 0 Å². The summed E-state index contributed by atoms with van der Waals surface area (Å²) in [6.45, 7) is 8.59. The molecule has 0 fully saturated rings. The van der Waals surface area contributed by atoms with Gasteiger partial charge in [0.15, 0.2) is 0 Å². The standard InChI is InChI=1S/C12H29N3O3S/c1-6-15(10-11-18-5)19(16,17)14(4)9-7-8-13-12(2)3/h12-13H,6-11H2,1-5H3. The van der Waals surface area contributed by atoms with Gasteiger partial charge in [0, 0.05) is 39.8 Å². The molecule has 0 spiro atoms. The fraction of sp³-hybridized carbons (Fsp3) is 1.00. The molecule has 0 atom stereocenters. The lowest BCUT2D eigenvalue weighted by molar-refractivity contribution is 0.178. The number of likely N-dealkylation sites (N-methyl/N-ethyl adjacent to an activating group) is 1. The minimum atomic E-state index is -3.37. The molecular weight excluding hydrogens is 266 g/mol. The molecule has 19 heavy (non-hydrogen) atoms. The summed E-state index contributed by atoms with van der Waals surface area (Å²) < 4.78 is 32.3.